The maximum atomic E-state index is 11.4. The predicted octanol–water partition coefficient (Wildman–Crippen LogP) is 1.50. The van der Waals surface area contributed by atoms with E-state index in [1.165, 1.54) is 0 Å². The summed E-state index contributed by atoms with van der Waals surface area (Å²) in [5, 5.41) is 4.96. The second-order valence-corrected chi connectivity index (χ2v) is 4.65. The number of halogens is 1. The number of amides is 3. The molecular weight excluding hydrogens is 312 g/mol. The minimum absolute atomic E-state index is 0.365. The molecule has 0 fully saturated rings. The van der Waals surface area contributed by atoms with Crippen LogP contribution in [-0.2, 0) is 14.3 Å². The van der Waals surface area contributed by atoms with Gasteiger partial charge < -0.3 is 14.8 Å². The Hall–Kier alpha value is -2.28. The molecule has 0 saturated heterocycles. The van der Waals surface area contributed by atoms with E-state index >= 15 is 0 Å². The third-order valence-electron chi connectivity index (χ3n) is 2.31. The molecule has 0 aliphatic heterocycles. The standard InChI is InChI=1S/C14H17ClN2O5/c1-2-6-16-14(20)17-12(18)8-22-13(19)9-21-11-5-3-4-10(15)7-11/h3-5,7H,2,6,8-9H2,1H3,(H2,16,17,18,20). The number of urea groups is 1. The van der Waals surface area contributed by atoms with Crippen LogP contribution in [0.15, 0.2) is 24.3 Å². The average molecular weight is 329 g/mol. The van der Waals surface area contributed by atoms with Gasteiger partial charge in [0.05, 0.1) is 0 Å². The summed E-state index contributed by atoms with van der Waals surface area (Å²) in [5.74, 6) is -1.04. The Morgan fingerprint density at radius 3 is 2.68 bits per heavy atom. The van der Waals surface area contributed by atoms with Crippen LogP contribution in [0.4, 0.5) is 4.79 Å². The number of hydrogen-bond donors (Lipinski definition) is 2. The van der Waals surface area contributed by atoms with E-state index in [1.807, 2.05) is 12.2 Å². The Labute approximate surface area is 132 Å². The lowest BCUT2D eigenvalue weighted by atomic mass is 10.3. The molecule has 0 aliphatic carbocycles. The van der Waals surface area contributed by atoms with Crippen molar-refractivity contribution in [3.05, 3.63) is 29.3 Å². The largest absolute Gasteiger partial charge is 0.482 e. The van der Waals surface area contributed by atoms with Crippen molar-refractivity contribution < 1.29 is 23.9 Å². The van der Waals surface area contributed by atoms with Crippen molar-refractivity contribution in [3.63, 3.8) is 0 Å². The number of rotatable bonds is 7. The first-order valence-corrected chi connectivity index (χ1v) is 7.00. The Kier molecular flexibility index (Phi) is 7.77. The van der Waals surface area contributed by atoms with Gasteiger partial charge in [-0.3, -0.25) is 10.1 Å². The molecule has 0 unspecified atom stereocenters. The summed E-state index contributed by atoms with van der Waals surface area (Å²) < 4.78 is 9.82. The maximum absolute atomic E-state index is 11.4. The smallest absolute Gasteiger partial charge is 0.344 e. The van der Waals surface area contributed by atoms with E-state index in [9.17, 15) is 14.4 Å². The molecule has 0 radical (unpaired) electrons. The van der Waals surface area contributed by atoms with Gasteiger partial charge in [-0.05, 0) is 24.6 Å². The second-order valence-electron chi connectivity index (χ2n) is 4.21. The van der Waals surface area contributed by atoms with Gasteiger partial charge in [-0.25, -0.2) is 9.59 Å². The van der Waals surface area contributed by atoms with Crippen molar-refractivity contribution >= 4 is 29.5 Å². The predicted molar refractivity (Wildman–Crippen MR) is 79.7 cm³/mol. The van der Waals surface area contributed by atoms with Crippen LogP contribution in [-0.4, -0.2) is 37.7 Å². The molecule has 0 aliphatic rings. The number of benzene rings is 1. The van der Waals surface area contributed by atoms with Crippen LogP contribution in [0, 0.1) is 0 Å². The summed E-state index contributed by atoms with van der Waals surface area (Å²) in [5.41, 5.74) is 0. The van der Waals surface area contributed by atoms with Crippen molar-refractivity contribution in [2.75, 3.05) is 19.8 Å². The maximum Gasteiger partial charge on any atom is 0.344 e. The van der Waals surface area contributed by atoms with E-state index in [1.54, 1.807) is 24.3 Å². The molecule has 0 heterocycles. The number of carbonyl (C=O) groups is 3. The third kappa shape index (κ3) is 7.49. The summed E-state index contributed by atoms with van der Waals surface area (Å²) in [4.78, 5) is 33.9. The molecule has 8 heteroatoms. The number of esters is 1. The molecule has 0 bridgehead atoms. The highest BCUT2D eigenvalue weighted by atomic mass is 35.5. The molecule has 7 nitrogen and oxygen atoms in total. The zero-order valence-corrected chi connectivity index (χ0v) is 12.8. The van der Waals surface area contributed by atoms with Gasteiger partial charge in [0, 0.05) is 11.6 Å². The first-order chi connectivity index (χ1) is 10.5. The monoisotopic (exact) mass is 328 g/mol. The average Bonchev–Trinajstić information content (AvgIpc) is 2.49. The van der Waals surface area contributed by atoms with Crippen LogP contribution in [0.2, 0.25) is 5.02 Å². The molecule has 3 amide bonds. The van der Waals surface area contributed by atoms with Gasteiger partial charge in [0.1, 0.15) is 5.75 Å². The van der Waals surface area contributed by atoms with E-state index in [2.05, 4.69) is 10.1 Å². The molecule has 1 rings (SSSR count). The number of hydrogen-bond acceptors (Lipinski definition) is 5. The Balaban J connectivity index is 2.22. The molecule has 0 saturated carbocycles. The number of nitrogens with one attached hydrogen (secondary N) is 2. The summed E-state index contributed by atoms with van der Waals surface area (Å²) in [6, 6.07) is 5.88. The highest BCUT2D eigenvalue weighted by Crippen LogP contribution is 2.16. The lowest BCUT2D eigenvalue weighted by Gasteiger charge is -2.08. The topological polar surface area (TPSA) is 93.7 Å². The van der Waals surface area contributed by atoms with Gasteiger partial charge in [-0.2, -0.15) is 0 Å². The number of ether oxygens (including phenoxy) is 2. The molecule has 2 N–H and O–H groups in total. The first-order valence-electron chi connectivity index (χ1n) is 6.63. The molecule has 0 aromatic heterocycles. The molecular formula is C14H17ClN2O5. The van der Waals surface area contributed by atoms with Gasteiger partial charge >= 0.3 is 12.0 Å². The fraction of sp³-hybridized carbons (Fsp3) is 0.357. The third-order valence-corrected chi connectivity index (χ3v) is 2.54. The van der Waals surface area contributed by atoms with Crippen LogP contribution in [0.5, 0.6) is 5.75 Å². The lowest BCUT2D eigenvalue weighted by molar-refractivity contribution is -0.150. The minimum Gasteiger partial charge on any atom is -0.482 e. The van der Waals surface area contributed by atoms with Crippen LogP contribution in [0.3, 0.4) is 0 Å². The molecule has 22 heavy (non-hydrogen) atoms. The second kappa shape index (κ2) is 9.62. The van der Waals surface area contributed by atoms with Crippen LogP contribution in [0.1, 0.15) is 13.3 Å². The van der Waals surface area contributed by atoms with Crippen LogP contribution in [0.25, 0.3) is 0 Å². The summed E-state index contributed by atoms with van der Waals surface area (Å²) in [6.07, 6.45) is 0.747. The molecule has 1 aromatic rings. The van der Waals surface area contributed by atoms with E-state index in [-0.39, 0.29) is 6.61 Å². The quantitative estimate of drug-likeness (QED) is 0.740. The van der Waals surface area contributed by atoms with Gasteiger partial charge in [0.15, 0.2) is 13.2 Å². The molecule has 0 atom stereocenters. The van der Waals surface area contributed by atoms with Crippen molar-refractivity contribution in [3.8, 4) is 5.75 Å². The molecule has 120 valence electrons. The summed E-state index contributed by atoms with van der Waals surface area (Å²) in [6.45, 7) is 1.41. The fourth-order valence-electron chi connectivity index (χ4n) is 1.33. The Morgan fingerprint density at radius 2 is 2.00 bits per heavy atom. The van der Waals surface area contributed by atoms with Crippen molar-refractivity contribution in [1.29, 1.82) is 0 Å². The van der Waals surface area contributed by atoms with Gasteiger partial charge in [0.2, 0.25) is 0 Å². The highest BCUT2D eigenvalue weighted by Gasteiger charge is 2.11. The van der Waals surface area contributed by atoms with E-state index < -0.39 is 24.5 Å². The lowest BCUT2D eigenvalue weighted by Crippen LogP contribution is -2.41. The van der Waals surface area contributed by atoms with Crippen molar-refractivity contribution in [2.24, 2.45) is 0 Å². The van der Waals surface area contributed by atoms with Crippen molar-refractivity contribution in [2.45, 2.75) is 13.3 Å². The molecule has 1 aromatic carbocycles. The van der Waals surface area contributed by atoms with Crippen LogP contribution < -0.4 is 15.4 Å². The van der Waals surface area contributed by atoms with E-state index in [0.29, 0.717) is 17.3 Å². The number of imide groups is 1. The Bertz CT molecular complexity index is 536. The zero-order chi connectivity index (χ0) is 16.4. The fourth-order valence-corrected chi connectivity index (χ4v) is 1.51. The summed E-state index contributed by atoms with van der Waals surface area (Å²) in [7, 11) is 0. The molecule has 0 spiro atoms. The minimum atomic E-state index is -0.732. The van der Waals surface area contributed by atoms with Crippen molar-refractivity contribution in [1.82, 2.24) is 10.6 Å². The zero-order valence-electron chi connectivity index (χ0n) is 12.1. The normalized spacial score (nSPS) is 9.73. The van der Waals surface area contributed by atoms with Crippen LogP contribution >= 0.6 is 11.6 Å². The summed E-state index contributed by atoms with van der Waals surface area (Å²) >= 11 is 5.76. The highest BCUT2D eigenvalue weighted by molar-refractivity contribution is 6.30. The van der Waals surface area contributed by atoms with Gasteiger partial charge in [-0.1, -0.05) is 24.6 Å². The SMILES string of the molecule is CCCNC(=O)NC(=O)COC(=O)COc1cccc(Cl)c1. The van der Waals surface area contributed by atoms with E-state index in [0.717, 1.165) is 6.42 Å². The van der Waals surface area contributed by atoms with E-state index in [4.69, 9.17) is 16.3 Å². The number of carbonyl (C=O) groups excluding carboxylic acids is 3. The first kappa shape index (κ1) is 17.8. The van der Waals surface area contributed by atoms with Gasteiger partial charge in [-0.15, -0.1) is 0 Å². The Morgan fingerprint density at radius 1 is 1.23 bits per heavy atom. The van der Waals surface area contributed by atoms with Gasteiger partial charge in [0.25, 0.3) is 5.91 Å².